The van der Waals surface area contributed by atoms with Crippen molar-refractivity contribution in [2.75, 3.05) is 20.8 Å². The highest BCUT2D eigenvalue weighted by atomic mass is 28.4. The van der Waals surface area contributed by atoms with E-state index in [2.05, 4.69) is 0 Å². The van der Waals surface area contributed by atoms with Crippen LogP contribution in [0.2, 0.25) is 0 Å². The molecule has 0 aliphatic carbocycles. The Balaban J connectivity index is 2.37. The lowest BCUT2D eigenvalue weighted by Crippen LogP contribution is -2.63. The van der Waals surface area contributed by atoms with Crippen LogP contribution in [0.5, 0.6) is 0 Å². The van der Waals surface area contributed by atoms with E-state index in [9.17, 15) is 18.0 Å². The molecule has 0 radical (unpaired) electrons. The van der Waals surface area contributed by atoms with Crippen molar-refractivity contribution in [3.63, 3.8) is 0 Å². The van der Waals surface area contributed by atoms with E-state index in [-0.39, 0.29) is 6.04 Å². The Hall–Kier alpha value is -1.22. The zero-order valence-electron chi connectivity index (χ0n) is 14.0. The van der Waals surface area contributed by atoms with E-state index in [0.29, 0.717) is 6.54 Å². The molecule has 1 heterocycles. The number of carbonyl (C=O) groups excluding carboxylic acids is 1. The molecule has 4 nitrogen and oxygen atoms in total. The monoisotopic (exact) mass is 361 g/mol. The van der Waals surface area contributed by atoms with Crippen molar-refractivity contribution in [1.82, 2.24) is 4.57 Å². The maximum absolute atomic E-state index is 12.7. The summed E-state index contributed by atoms with van der Waals surface area (Å²) in [4.78, 5) is 12.4. The fourth-order valence-electron chi connectivity index (χ4n) is 3.34. The van der Waals surface area contributed by atoms with Crippen LogP contribution in [0, 0.1) is 6.92 Å². The third kappa shape index (κ3) is 3.88. The first kappa shape index (κ1) is 19.1. The molecule has 0 bridgehead atoms. The number of benzene rings is 1. The molecule has 24 heavy (non-hydrogen) atoms. The van der Waals surface area contributed by atoms with Gasteiger partial charge in [-0.25, -0.2) is 0 Å². The van der Waals surface area contributed by atoms with Crippen LogP contribution in [0.4, 0.5) is 13.2 Å². The van der Waals surface area contributed by atoms with Crippen molar-refractivity contribution in [1.29, 1.82) is 0 Å². The van der Waals surface area contributed by atoms with E-state index in [4.69, 9.17) is 8.85 Å². The highest BCUT2D eigenvalue weighted by molar-refractivity contribution is 6.95. The molecule has 1 fully saturated rings. The number of aryl methyl sites for hydroxylation is 1. The minimum absolute atomic E-state index is 0.173. The Morgan fingerprint density at radius 3 is 2.54 bits per heavy atom. The summed E-state index contributed by atoms with van der Waals surface area (Å²) >= 11 is 0. The molecule has 2 rings (SSSR count). The zero-order valence-corrected chi connectivity index (χ0v) is 15.0. The van der Waals surface area contributed by atoms with Gasteiger partial charge in [0.25, 0.3) is 0 Å². The lowest BCUT2D eigenvalue weighted by Gasteiger charge is -2.38. The number of carbonyl (C=O) groups is 1. The van der Waals surface area contributed by atoms with E-state index < -0.39 is 26.7 Å². The molecule has 1 aromatic carbocycles. The van der Waals surface area contributed by atoms with Crippen LogP contribution in [-0.2, 0) is 13.6 Å². The summed E-state index contributed by atoms with van der Waals surface area (Å²) in [6.07, 6.45) is -4.58. The predicted molar refractivity (Wildman–Crippen MR) is 85.3 cm³/mol. The van der Waals surface area contributed by atoms with Gasteiger partial charge in [-0.2, -0.15) is 13.2 Å². The molecular formula is C16H22F3NO3Si. The zero-order chi connectivity index (χ0) is 18.0. The third-order valence-corrected chi connectivity index (χ3v) is 7.60. The first-order valence-electron chi connectivity index (χ1n) is 7.77. The fourth-order valence-corrected chi connectivity index (χ4v) is 6.32. The molecule has 1 aliphatic rings. The maximum atomic E-state index is 12.7. The topological polar surface area (TPSA) is 38.8 Å². The van der Waals surface area contributed by atoms with Gasteiger partial charge in [0.15, 0.2) is 5.41 Å². The number of alkyl halides is 3. The molecule has 0 saturated carbocycles. The van der Waals surface area contributed by atoms with E-state index in [0.717, 1.165) is 24.0 Å². The number of halogens is 3. The molecule has 1 saturated heterocycles. The van der Waals surface area contributed by atoms with Gasteiger partial charge in [0, 0.05) is 20.3 Å². The Labute approximate surface area is 140 Å². The van der Waals surface area contributed by atoms with Gasteiger partial charge in [0.1, 0.15) is 6.42 Å². The van der Waals surface area contributed by atoms with Crippen molar-refractivity contribution in [3.05, 3.63) is 35.4 Å². The SMILES string of the molecule is CO[Si](OC)(C(=O)CC(F)(F)F)N1CCCC1c1cccc(C)c1. The molecule has 1 aromatic rings. The van der Waals surface area contributed by atoms with E-state index in [1.807, 2.05) is 31.2 Å². The summed E-state index contributed by atoms with van der Waals surface area (Å²) in [5, 5.41) is -1.00. The van der Waals surface area contributed by atoms with Gasteiger partial charge >= 0.3 is 14.9 Å². The van der Waals surface area contributed by atoms with Crippen LogP contribution < -0.4 is 0 Å². The summed E-state index contributed by atoms with van der Waals surface area (Å²) < 4.78 is 50.7. The Morgan fingerprint density at radius 1 is 1.33 bits per heavy atom. The normalized spacial score (nSPS) is 19.7. The molecule has 1 atom stereocenters. The minimum Gasteiger partial charge on any atom is -0.381 e. The van der Waals surface area contributed by atoms with E-state index >= 15 is 0 Å². The van der Waals surface area contributed by atoms with Gasteiger partial charge in [-0.05, 0) is 31.9 Å². The third-order valence-electron chi connectivity index (χ3n) is 4.32. The van der Waals surface area contributed by atoms with Crippen molar-refractivity contribution in [3.8, 4) is 0 Å². The molecule has 0 N–H and O–H groups in total. The van der Waals surface area contributed by atoms with Crippen molar-refractivity contribution < 1.29 is 26.8 Å². The minimum atomic E-state index is -4.58. The van der Waals surface area contributed by atoms with Crippen molar-refractivity contribution in [2.45, 2.75) is 38.4 Å². The second-order valence-electron chi connectivity index (χ2n) is 5.97. The lowest BCUT2D eigenvalue weighted by atomic mass is 10.0. The van der Waals surface area contributed by atoms with Gasteiger partial charge < -0.3 is 8.85 Å². The summed E-state index contributed by atoms with van der Waals surface area (Å²) in [7, 11) is -1.29. The molecule has 0 aromatic heterocycles. The van der Waals surface area contributed by atoms with Gasteiger partial charge in [-0.3, -0.25) is 9.36 Å². The Bertz CT molecular complexity index is 590. The first-order valence-corrected chi connectivity index (χ1v) is 9.53. The van der Waals surface area contributed by atoms with Crippen LogP contribution >= 0.6 is 0 Å². The standard InChI is InChI=1S/C16H22F3NO3Si/c1-12-6-4-7-13(10-12)14-8-5-9-20(14)24(22-2,23-3)15(21)11-16(17,18)19/h4,6-7,10,14H,5,8-9,11H2,1-3H3. The highest BCUT2D eigenvalue weighted by Gasteiger charge is 2.57. The quantitative estimate of drug-likeness (QED) is 0.728. The van der Waals surface area contributed by atoms with Crippen LogP contribution in [-0.4, -0.2) is 45.6 Å². The highest BCUT2D eigenvalue weighted by Crippen LogP contribution is 2.38. The number of hydrogen-bond donors (Lipinski definition) is 0. The van der Waals surface area contributed by atoms with Gasteiger partial charge in [-0.15, -0.1) is 0 Å². The summed E-state index contributed by atoms with van der Waals surface area (Å²) in [5.74, 6) is 0. The van der Waals surface area contributed by atoms with Gasteiger partial charge in [0.05, 0.1) is 0 Å². The van der Waals surface area contributed by atoms with Gasteiger partial charge in [0.2, 0.25) is 0 Å². The van der Waals surface area contributed by atoms with Crippen molar-refractivity contribution in [2.24, 2.45) is 0 Å². The Kier molecular flexibility index (Phi) is 5.85. The average Bonchev–Trinajstić information content (AvgIpc) is 2.97. The number of nitrogens with zero attached hydrogens (tertiary/aromatic N) is 1. The number of rotatable bonds is 6. The van der Waals surface area contributed by atoms with E-state index in [1.54, 1.807) is 4.57 Å². The lowest BCUT2D eigenvalue weighted by molar-refractivity contribution is -0.150. The van der Waals surface area contributed by atoms with E-state index in [1.165, 1.54) is 14.2 Å². The van der Waals surface area contributed by atoms with Crippen molar-refractivity contribution >= 4 is 14.1 Å². The maximum Gasteiger partial charge on any atom is 0.500 e. The Morgan fingerprint density at radius 2 is 2.00 bits per heavy atom. The molecule has 134 valence electrons. The molecule has 1 aliphatic heterocycles. The molecular weight excluding hydrogens is 339 g/mol. The average molecular weight is 361 g/mol. The summed E-state index contributed by atoms with van der Waals surface area (Å²) in [6.45, 7) is 2.44. The van der Waals surface area contributed by atoms with Crippen LogP contribution in [0.3, 0.4) is 0 Å². The molecule has 8 heteroatoms. The molecule has 0 amide bonds. The second-order valence-corrected chi connectivity index (χ2v) is 9.08. The fraction of sp³-hybridized carbons (Fsp3) is 0.562. The molecule has 0 spiro atoms. The summed E-state index contributed by atoms with van der Waals surface area (Å²) in [5.41, 5.74) is 2.03. The van der Waals surface area contributed by atoms with Crippen LogP contribution in [0.25, 0.3) is 0 Å². The molecule has 1 unspecified atom stereocenters. The van der Waals surface area contributed by atoms with Crippen LogP contribution in [0.1, 0.15) is 36.4 Å². The number of hydrogen-bond acceptors (Lipinski definition) is 4. The smallest absolute Gasteiger partial charge is 0.381 e. The predicted octanol–water partition coefficient (Wildman–Crippen LogP) is 3.42. The largest absolute Gasteiger partial charge is 0.500 e. The first-order chi connectivity index (χ1) is 11.2. The van der Waals surface area contributed by atoms with Crippen LogP contribution in [0.15, 0.2) is 24.3 Å². The second kappa shape index (κ2) is 7.34. The summed E-state index contributed by atoms with van der Waals surface area (Å²) in [6, 6.07) is 7.60. The van der Waals surface area contributed by atoms with Gasteiger partial charge in [-0.1, -0.05) is 29.8 Å².